The minimum atomic E-state index is -3.93. The van der Waals surface area contributed by atoms with Crippen LogP contribution in [0.1, 0.15) is 10.4 Å². The van der Waals surface area contributed by atoms with Crippen LogP contribution < -0.4 is 14.9 Å². The number of hydrogen-bond acceptors (Lipinski definition) is 9. The molecule has 0 saturated heterocycles. The van der Waals surface area contributed by atoms with Gasteiger partial charge in [0, 0.05) is 19.5 Å². The van der Waals surface area contributed by atoms with Crippen LogP contribution in [0.15, 0.2) is 51.3 Å². The van der Waals surface area contributed by atoms with Gasteiger partial charge in [-0.2, -0.15) is 5.26 Å². The van der Waals surface area contributed by atoms with Gasteiger partial charge < -0.3 is 14.5 Å². The highest BCUT2D eigenvalue weighted by molar-refractivity contribution is 7.91. The number of anilines is 2. The molecule has 0 spiro atoms. The van der Waals surface area contributed by atoms with Crippen LogP contribution in [-0.2, 0) is 19.6 Å². The van der Waals surface area contributed by atoms with Gasteiger partial charge in [0.15, 0.2) is 6.61 Å². The lowest BCUT2D eigenvalue weighted by atomic mass is 10.2. The molecule has 0 atom stereocenters. The Morgan fingerprint density at radius 2 is 1.79 bits per heavy atom. The second-order valence-corrected chi connectivity index (χ2v) is 8.82. The van der Waals surface area contributed by atoms with Gasteiger partial charge in [0.2, 0.25) is 15.8 Å². The van der Waals surface area contributed by atoms with Crippen LogP contribution in [0.5, 0.6) is 0 Å². The number of benzene rings is 1. The molecule has 0 bridgehead atoms. The Hall–Kier alpha value is -3.20. The highest BCUT2D eigenvalue weighted by Crippen LogP contribution is 2.40. The summed E-state index contributed by atoms with van der Waals surface area (Å²) in [5.74, 6) is -1.19. The van der Waals surface area contributed by atoms with Crippen molar-refractivity contribution in [2.75, 3.05) is 30.5 Å². The number of primary sulfonamides is 1. The smallest absolute Gasteiger partial charge is 0.339 e. The van der Waals surface area contributed by atoms with Gasteiger partial charge in [0.25, 0.3) is 0 Å². The average Bonchev–Trinajstić information content (AvgIpc) is 3.27. The van der Waals surface area contributed by atoms with Crippen LogP contribution in [0.25, 0.3) is 0 Å². The molecule has 29 heavy (non-hydrogen) atoms. The number of nitriles is 1. The lowest BCUT2D eigenvalue weighted by Gasteiger charge is -2.19. The Bertz CT molecular complexity index is 1150. The van der Waals surface area contributed by atoms with E-state index in [0.29, 0.717) is 5.82 Å². The van der Waals surface area contributed by atoms with Crippen molar-refractivity contribution in [3.05, 3.63) is 52.7 Å². The van der Waals surface area contributed by atoms with E-state index in [1.54, 1.807) is 23.9 Å². The number of fused-ring (bicyclic) bond motifs is 1. The standard InChI is InChI=1S/C18H16N4O5S2/c1-21-13-5-3-4-6-14(13)22(2)17(21)12(8-19)15(23)9-27-18(24)11-7-16(28-10-11)29(20,25)26/h3-7,10H,9H2,1-2H3,(H2,20,25,26). The maximum atomic E-state index is 12.6. The predicted octanol–water partition coefficient (Wildman–Crippen LogP) is 1.44. The molecule has 150 valence electrons. The molecule has 0 amide bonds. The molecule has 0 aliphatic carbocycles. The molecule has 11 heteroatoms. The summed E-state index contributed by atoms with van der Waals surface area (Å²) in [6.07, 6.45) is 0. The minimum absolute atomic E-state index is 0.0412. The van der Waals surface area contributed by atoms with Crippen molar-refractivity contribution in [3.63, 3.8) is 0 Å². The van der Waals surface area contributed by atoms with E-state index in [1.807, 2.05) is 30.3 Å². The molecular weight excluding hydrogens is 416 g/mol. The lowest BCUT2D eigenvalue weighted by molar-refractivity contribution is -0.118. The van der Waals surface area contributed by atoms with E-state index in [4.69, 9.17) is 9.88 Å². The van der Waals surface area contributed by atoms with Crippen molar-refractivity contribution in [1.82, 2.24) is 0 Å². The van der Waals surface area contributed by atoms with Crippen LogP contribution in [0, 0.1) is 11.3 Å². The molecule has 0 radical (unpaired) electrons. The fraction of sp³-hybridized carbons (Fsp3) is 0.167. The van der Waals surface area contributed by atoms with E-state index in [0.717, 1.165) is 28.8 Å². The van der Waals surface area contributed by atoms with E-state index in [9.17, 15) is 23.3 Å². The van der Waals surface area contributed by atoms with Crippen LogP contribution in [0.4, 0.5) is 11.4 Å². The van der Waals surface area contributed by atoms with E-state index >= 15 is 0 Å². The Morgan fingerprint density at radius 1 is 1.21 bits per heavy atom. The summed E-state index contributed by atoms with van der Waals surface area (Å²) < 4.78 is 27.4. The van der Waals surface area contributed by atoms with Crippen LogP contribution in [0.3, 0.4) is 0 Å². The maximum Gasteiger partial charge on any atom is 0.339 e. The van der Waals surface area contributed by atoms with Gasteiger partial charge in [-0.1, -0.05) is 12.1 Å². The molecule has 0 unspecified atom stereocenters. The van der Waals surface area contributed by atoms with Crippen molar-refractivity contribution in [3.8, 4) is 6.07 Å². The molecule has 1 aliphatic heterocycles. The molecule has 9 nitrogen and oxygen atoms in total. The van der Waals surface area contributed by atoms with E-state index in [-0.39, 0.29) is 15.3 Å². The summed E-state index contributed by atoms with van der Waals surface area (Å²) in [7, 11) is -0.470. The van der Waals surface area contributed by atoms with Gasteiger partial charge >= 0.3 is 5.97 Å². The zero-order chi connectivity index (χ0) is 21.3. The van der Waals surface area contributed by atoms with Crippen LogP contribution >= 0.6 is 11.3 Å². The van der Waals surface area contributed by atoms with Crippen molar-refractivity contribution < 1.29 is 22.7 Å². The number of para-hydroxylation sites is 2. The average molecular weight is 432 g/mol. The first kappa shape index (κ1) is 20.5. The fourth-order valence-corrected chi connectivity index (χ4v) is 4.49. The molecule has 2 heterocycles. The quantitative estimate of drug-likeness (QED) is 0.426. The normalized spacial score (nSPS) is 13.1. The highest BCUT2D eigenvalue weighted by atomic mass is 32.2. The predicted molar refractivity (Wildman–Crippen MR) is 107 cm³/mol. The first-order chi connectivity index (χ1) is 13.6. The Morgan fingerprint density at radius 3 is 2.28 bits per heavy atom. The van der Waals surface area contributed by atoms with Crippen LogP contribution in [-0.4, -0.2) is 40.9 Å². The van der Waals surface area contributed by atoms with Gasteiger partial charge in [-0.05, 0) is 18.2 Å². The third-order valence-electron chi connectivity index (χ3n) is 4.28. The molecular formula is C18H16N4O5S2. The van der Waals surface area contributed by atoms with Crippen LogP contribution in [0.2, 0.25) is 0 Å². The number of hydrogen-bond donors (Lipinski definition) is 1. The van der Waals surface area contributed by atoms with E-state index < -0.39 is 28.4 Å². The number of carbonyl (C=O) groups is 2. The van der Waals surface area contributed by atoms with Gasteiger partial charge in [-0.25, -0.2) is 18.4 Å². The monoisotopic (exact) mass is 432 g/mol. The number of ketones is 1. The maximum absolute atomic E-state index is 12.6. The molecule has 0 fully saturated rings. The SMILES string of the molecule is CN1C(=C(C#N)C(=O)COC(=O)c2csc(S(N)(=O)=O)c2)N(C)c2ccccc21. The molecule has 3 rings (SSSR count). The lowest BCUT2D eigenvalue weighted by Crippen LogP contribution is -2.27. The number of ether oxygens (including phenoxy) is 1. The summed E-state index contributed by atoms with van der Waals surface area (Å²) in [4.78, 5) is 28.1. The fourth-order valence-electron chi connectivity index (χ4n) is 2.92. The zero-order valence-electron chi connectivity index (χ0n) is 15.4. The number of sulfonamides is 1. The number of nitrogens with zero attached hydrogens (tertiary/aromatic N) is 3. The van der Waals surface area contributed by atoms with Gasteiger partial charge in [-0.3, -0.25) is 4.79 Å². The summed E-state index contributed by atoms with van der Waals surface area (Å²) in [6.45, 7) is -0.663. The number of thiophene rings is 1. The van der Waals surface area contributed by atoms with Gasteiger partial charge in [0.05, 0.1) is 16.9 Å². The van der Waals surface area contributed by atoms with E-state index in [2.05, 4.69) is 0 Å². The second-order valence-electron chi connectivity index (χ2n) is 6.12. The number of Topliss-reactive ketones (excluding diaryl/α,β-unsaturated/α-hetero) is 1. The number of carbonyl (C=O) groups excluding carboxylic acids is 2. The first-order valence-electron chi connectivity index (χ1n) is 8.17. The number of esters is 1. The Kier molecular flexibility index (Phi) is 5.43. The minimum Gasteiger partial charge on any atom is -0.454 e. The summed E-state index contributed by atoms with van der Waals surface area (Å²) in [6, 6.07) is 10.4. The van der Waals surface area contributed by atoms with Gasteiger partial charge in [0.1, 0.15) is 21.7 Å². The first-order valence-corrected chi connectivity index (χ1v) is 10.6. The summed E-state index contributed by atoms with van der Waals surface area (Å²) in [5.41, 5.74) is 1.46. The molecule has 1 aromatic heterocycles. The molecule has 1 aliphatic rings. The molecule has 2 aromatic rings. The second kappa shape index (κ2) is 7.67. The zero-order valence-corrected chi connectivity index (χ0v) is 17.1. The molecule has 2 N–H and O–H groups in total. The number of rotatable bonds is 5. The number of nitrogens with two attached hydrogens (primary N) is 1. The molecule has 0 saturated carbocycles. The van der Waals surface area contributed by atoms with Gasteiger partial charge in [-0.15, -0.1) is 11.3 Å². The third kappa shape index (κ3) is 3.86. The van der Waals surface area contributed by atoms with Crippen molar-refractivity contribution >= 4 is 44.5 Å². The van der Waals surface area contributed by atoms with Crippen molar-refractivity contribution in [1.29, 1.82) is 5.26 Å². The topological polar surface area (TPSA) is 134 Å². The summed E-state index contributed by atoms with van der Waals surface area (Å²) in [5, 5.41) is 15.8. The Balaban J connectivity index is 1.78. The highest BCUT2D eigenvalue weighted by Gasteiger charge is 2.31. The third-order valence-corrected chi connectivity index (χ3v) is 6.67. The summed E-state index contributed by atoms with van der Waals surface area (Å²) >= 11 is 0.770. The largest absolute Gasteiger partial charge is 0.454 e. The van der Waals surface area contributed by atoms with Crippen molar-refractivity contribution in [2.24, 2.45) is 5.14 Å². The molecule has 1 aromatic carbocycles. The van der Waals surface area contributed by atoms with Crippen molar-refractivity contribution in [2.45, 2.75) is 4.21 Å². The van der Waals surface area contributed by atoms with E-state index in [1.165, 1.54) is 5.38 Å². The Labute approximate surface area is 171 Å².